The topological polar surface area (TPSA) is 35.5 Å². The zero-order valence-corrected chi connectivity index (χ0v) is 11.2. The molecule has 0 atom stereocenters. The molecule has 21 heavy (non-hydrogen) atoms. The van der Waals surface area contributed by atoms with E-state index < -0.39 is 5.97 Å². The lowest BCUT2D eigenvalue weighted by Gasteiger charge is -2.07. The number of hydrogen-bond donors (Lipinski definition) is 0. The summed E-state index contributed by atoms with van der Waals surface area (Å²) in [5.41, 5.74) is 0.846. The molecule has 0 aliphatic carbocycles. The predicted molar refractivity (Wildman–Crippen MR) is 76.3 cm³/mol. The molecule has 2 aromatic carbocycles. The van der Waals surface area contributed by atoms with Crippen LogP contribution in [0.5, 0.6) is 5.75 Å². The van der Waals surface area contributed by atoms with Gasteiger partial charge < -0.3 is 9.47 Å². The lowest BCUT2D eigenvalue weighted by atomic mass is 10.2. The molecule has 4 heteroatoms. The summed E-state index contributed by atoms with van der Waals surface area (Å²) in [5.74, 6) is 1.95. The van der Waals surface area contributed by atoms with E-state index in [1.54, 1.807) is 42.5 Å². The van der Waals surface area contributed by atoms with Crippen molar-refractivity contribution >= 4 is 5.97 Å². The highest BCUT2D eigenvalue weighted by atomic mass is 19.1. The van der Waals surface area contributed by atoms with Crippen LogP contribution < -0.4 is 4.74 Å². The van der Waals surface area contributed by atoms with E-state index in [-0.39, 0.29) is 19.0 Å². The first-order valence-electron chi connectivity index (χ1n) is 6.27. The third-order valence-corrected chi connectivity index (χ3v) is 2.73. The summed E-state index contributed by atoms with van der Waals surface area (Å²) >= 11 is 0. The van der Waals surface area contributed by atoms with Crippen LogP contribution in [0.1, 0.15) is 15.9 Å². The Morgan fingerprint density at radius 1 is 1.14 bits per heavy atom. The zero-order valence-electron chi connectivity index (χ0n) is 11.2. The minimum absolute atomic E-state index is 0.0651. The number of halogens is 1. The van der Waals surface area contributed by atoms with Gasteiger partial charge in [-0.3, -0.25) is 0 Å². The molecule has 0 bridgehead atoms. The van der Waals surface area contributed by atoms with Gasteiger partial charge >= 0.3 is 5.97 Å². The molecule has 3 nitrogen and oxygen atoms in total. The normalized spacial score (nSPS) is 9.71. The molecule has 0 spiro atoms. The van der Waals surface area contributed by atoms with E-state index in [2.05, 4.69) is 5.92 Å². The Bertz CT molecular complexity index is 656. The Labute approximate surface area is 122 Å². The van der Waals surface area contributed by atoms with Gasteiger partial charge in [-0.1, -0.05) is 24.1 Å². The maximum Gasteiger partial charge on any atom is 0.339 e. The SMILES string of the molecule is C#CCOC(=O)c1ccc(OCc2ccccc2F)cc1. The van der Waals surface area contributed by atoms with Gasteiger partial charge in [0, 0.05) is 5.56 Å². The molecule has 106 valence electrons. The fourth-order valence-corrected chi connectivity index (χ4v) is 1.65. The summed E-state index contributed by atoms with van der Waals surface area (Å²) in [6.45, 7) is 0.0535. The Kier molecular flexibility index (Phi) is 4.94. The molecule has 0 unspecified atom stereocenters. The third kappa shape index (κ3) is 4.08. The summed E-state index contributed by atoms with van der Waals surface area (Å²) in [7, 11) is 0. The molecular weight excluding hydrogens is 271 g/mol. The molecular formula is C17H13FO3. The summed E-state index contributed by atoms with van der Waals surface area (Å²) in [6.07, 6.45) is 5.01. The summed E-state index contributed by atoms with van der Waals surface area (Å²) in [5, 5.41) is 0. The molecule has 0 fully saturated rings. The standard InChI is InChI=1S/C17H13FO3/c1-2-11-20-17(19)13-7-9-15(10-8-13)21-12-14-5-3-4-6-16(14)18/h1,3-10H,11-12H2. The van der Waals surface area contributed by atoms with Crippen LogP contribution in [-0.4, -0.2) is 12.6 Å². The van der Waals surface area contributed by atoms with E-state index >= 15 is 0 Å². The van der Waals surface area contributed by atoms with E-state index in [9.17, 15) is 9.18 Å². The van der Waals surface area contributed by atoms with Crippen molar-refractivity contribution in [1.29, 1.82) is 0 Å². The Hall–Kier alpha value is -2.80. The van der Waals surface area contributed by atoms with E-state index in [0.29, 0.717) is 16.9 Å². The van der Waals surface area contributed by atoms with Crippen LogP contribution in [-0.2, 0) is 11.3 Å². The second-order valence-corrected chi connectivity index (χ2v) is 4.18. The van der Waals surface area contributed by atoms with Crippen molar-refractivity contribution in [2.75, 3.05) is 6.61 Å². The van der Waals surface area contributed by atoms with Crippen molar-refractivity contribution in [3.05, 3.63) is 65.5 Å². The molecule has 0 aliphatic rings. The van der Waals surface area contributed by atoms with E-state index in [4.69, 9.17) is 15.9 Å². The van der Waals surface area contributed by atoms with Crippen LogP contribution in [0.4, 0.5) is 4.39 Å². The van der Waals surface area contributed by atoms with Crippen molar-refractivity contribution in [2.45, 2.75) is 6.61 Å². The van der Waals surface area contributed by atoms with Gasteiger partial charge in [0.1, 0.15) is 18.2 Å². The average Bonchev–Trinajstić information content (AvgIpc) is 2.52. The molecule has 0 saturated heterocycles. The summed E-state index contributed by atoms with van der Waals surface area (Å²) in [6, 6.07) is 12.8. The minimum atomic E-state index is -0.492. The summed E-state index contributed by atoms with van der Waals surface area (Å²) in [4.78, 5) is 11.5. The molecule has 0 radical (unpaired) electrons. The quantitative estimate of drug-likeness (QED) is 0.625. The van der Waals surface area contributed by atoms with Crippen LogP contribution in [0, 0.1) is 18.2 Å². The molecule has 2 aromatic rings. The van der Waals surface area contributed by atoms with Crippen LogP contribution >= 0.6 is 0 Å². The van der Waals surface area contributed by atoms with Gasteiger partial charge in [-0.15, -0.1) is 6.42 Å². The number of carbonyl (C=O) groups excluding carboxylic acids is 1. The first kappa shape index (κ1) is 14.6. The maximum absolute atomic E-state index is 13.4. The lowest BCUT2D eigenvalue weighted by molar-refractivity contribution is 0.0556. The molecule has 0 heterocycles. The van der Waals surface area contributed by atoms with Crippen LogP contribution in [0.15, 0.2) is 48.5 Å². The van der Waals surface area contributed by atoms with Crippen LogP contribution in [0.25, 0.3) is 0 Å². The van der Waals surface area contributed by atoms with Gasteiger partial charge in [-0.2, -0.15) is 0 Å². The second-order valence-electron chi connectivity index (χ2n) is 4.18. The predicted octanol–water partition coefficient (Wildman–Crippen LogP) is 3.19. The fraction of sp³-hybridized carbons (Fsp3) is 0.118. The second kappa shape index (κ2) is 7.11. The number of carbonyl (C=O) groups is 1. The first-order chi connectivity index (χ1) is 10.2. The highest BCUT2D eigenvalue weighted by Crippen LogP contribution is 2.16. The highest BCUT2D eigenvalue weighted by Gasteiger charge is 2.07. The molecule has 0 amide bonds. The van der Waals surface area contributed by atoms with Crippen LogP contribution in [0.3, 0.4) is 0 Å². The maximum atomic E-state index is 13.4. The minimum Gasteiger partial charge on any atom is -0.489 e. The smallest absolute Gasteiger partial charge is 0.339 e. The molecule has 0 aromatic heterocycles. The van der Waals surface area contributed by atoms with Gasteiger partial charge in [-0.25, -0.2) is 9.18 Å². The Morgan fingerprint density at radius 3 is 2.52 bits per heavy atom. The van der Waals surface area contributed by atoms with Crippen molar-refractivity contribution in [2.24, 2.45) is 0 Å². The van der Waals surface area contributed by atoms with E-state index in [1.807, 2.05) is 0 Å². The first-order valence-corrected chi connectivity index (χ1v) is 6.27. The number of terminal acetylenes is 1. The molecule has 0 N–H and O–H groups in total. The van der Waals surface area contributed by atoms with Gasteiger partial charge in [0.05, 0.1) is 5.56 Å². The number of esters is 1. The number of benzene rings is 2. The Balaban J connectivity index is 1.95. The molecule has 0 saturated carbocycles. The van der Waals surface area contributed by atoms with Crippen molar-refractivity contribution in [3.63, 3.8) is 0 Å². The van der Waals surface area contributed by atoms with Crippen molar-refractivity contribution < 1.29 is 18.7 Å². The van der Waals surface area contributed by atoms with E-state index in [0.717, 1.165) is 0 Å². The zero-order chi connectivity index (χ0) is 15.1. The average molecular weight is 284 g/mol. The van der Waals surface area contributed by atoms with Crippen LogP contribution in [0.2, 0.25) is 0 Å². The number of ether oxygens (including phenoxy) is 2. The molecule has 2 rings (SSSR count). The monoisotopic (exact) mass is 284 g/mol. The lowest BCUT2D eigenvalue weighted by Crippen LogP contribution is -2.05. The number of hydrogen-bond acceptors (Lipinski definition) is 3. The van der Waals surface area contributed by atoms with E-state index in [1.165, 1.54) is 6.07 Å². The van der Waals surface area contributed by atoms with Crippen molar-refractivity contribution in [3.8, 4) is 18.1 Å². The Morgan fingerprint density at radius 2 is 1.86 bits per heavy atom. The van der Waals surface area contributed by atoms with Gasteiger partial charge in [0.15, 0.2) is 6.61 Å². The highest BCUT2D eigenvalue weighted by molar-refractivity contribution is 5.89. The largest absolute Gasteiger partial charge is 0.489 e. The third-order valence-electron chi connectivity index (χ3n) is 2.73. The van der Waals surface area contributed by atoms with Gasteiger partial charge in [0.25, 0.3) is 0 Å². The van der Waals surface area contributed by atoms with Gasteiger partial charge in [-0.05, 0) is 30.3 Å². The van der Waals surface area contributed by atoms with Crippen molar-refractivity contribution in [1.82, 2.24) is 0 Å². The summed E-state index contributed by atoms with van der Waals surface area (Å²) < 4.78 is 23.7. The number of rotatable bonds is 5. The molecule has 0 aliphatic heterocycles. The van der Waals surface area contributed by atoms with Gasteiger partial charge in [0.2, 0.25) is 0 Å². The fourth-order valence-electron chi connectivity index (χ4n) is 1.65.